The minimum atomic E-state index is -0.610. The van der Waals surface area contributed by atoms with Crippen LogP contribution >= 0.6 is 0 Å². The van der Waals surface area contributed by atoms with Gasteiger partial charge in [0, 0.05) is 29.9 Å². The maximum atomic E-state index is 12.2. The molecule has 2 amide bonds. The average molecular weight is 380 g/mol. The predicted molar refractivity (Wildman–Crippen MR) is 103 cm³/mol. The van der Waals surface area contributed by atoms with Crippen molar-refractivity contribution >= 4 is 34.9 Å². The lowest BCUT2D eigenvalue weighted by Gasteiger charge is -2.16. The van der Waals surface area contributed by atoms with Crippen molar-refractivity contribution < 1.29 is 23.9 Å². The zero-order chi connectivity index (χ0) is 20.1. The van der Waals surface area contributed by atoms with Gasteiger partial charge in [0.15, 0.2) is 12.4 Å². The van der Waals surface area contributed by atoms with Gasteiger partial charge in [-0.1, -0.05) is 30.3 Å². The molecule has 0 bridgehead atoms. The maximum absolute atomic E-state index is 12.2. The molecule has 0 unspecified atom stereocenters. The first-order valence-corrected chi connectivity index (χ1v) is 8.87. The first-order valence-electron chi connectivity index (χ1n) is 8.87. The number of amides is 2. The third-order valence-corrected chi connectivity index (χ3v) is 4.42. The number of nitrogens with zero attached hydrogens (tertiary/aromatic N) is 1. The number of rotatable bonds is 6. The second-order valence-corrected chi connectivity index (χ2v) is 6.53. The monoisotopic (exact) mass is 380 g/mol. The molecule has 0 radical (unpaired) electrons. The number of Topliss-reactive ketones (excluding diaryl/α,β-unsaturated/α-hetero) is 1. The third-order valence-electron chi connectivity index (χ3n) is 4.42. The highest BCUT2D eigenvalue weighted by Crippen LogP contribution is 2.25. The summed E-state index contributed by atoms with van der Waals surface area (Å²) in [6.07, 6.45) is 0.0516. The van der Waals surface area contributed by atoms with E-state index in [1.165, 1.54) is 6.92 Å². The highest BCUT2D eigenvalue weighted by molar-refractivity contribution is 6.00. The van der Waals surface area contributed by atoms with E-state index in [1.807, 2.05) is 18.2 Å². The molecule has 144 valence electrons. The summed E-state index contributed by atoms with van der Waals surface area (Å²) in [4.78, 5) is 49.4. The Hall–Kier alpha value is -3.48. The van der Waals surface area contributed by atoms with Gasteiger partial charge in [-0.3, -0.25) is 19.2 Å². The molecule has 1 heterocycles. The molecule has 1 atom stereocenters. The molecule has 7 heteroatoms. The Balaban J connectivity index is 1.51. The van der Waals surface area contributed by atoms with E-state index in [1.54, 1.807) is 41.3 Å². The lowest BCUT2D eigenvalue weighted by molar-refractivity contribution is -0.151. The van der Waals surface area contributed by atoms with Crippen molar-refractivity contribution in [1.82, 2.24) is 0 Å². The summed E-state index contributed by atoms with van der Waals surface area (Å²) in [5, 5.41) is 2.58. The standard InChI is InChI=1S/C21H20N2O5/c1-14(24)15-6-5-7-17(10-15)22-19(25)13-28-21(27)16-11-20(26)23(12-16)18-8-3-2-4-9-18/h2-10,16H,11-13H2,1H3,(H,22,25)/t16-/m0/s1. The van der Waals surface area contributed by atoms with Crippen molar-refractivity contribution in [2.45, 2.75) is 13.3 Å². The van der Waals surface area contributed by atoms with Gasteiger partial charge in [-0.2, -0.15) is 0 Å². The molecule has 0 saturated carbocycles. The quantitative estimate of drug-likeness (QED) is 0.614. The van der Waals surface area contributed by atoms with Crippen LogP contribution in [-0.2, 0) is 19.1 Å². The van der Waals surface area contributed by atoms with E-state index in [9.17, 15) is 19.2 Å². The van der Waals surface area contributed by atoms with Crippen molar-refractivity contribution in [3.05, 3.63) is 60.2 Å². The Bertz CT molecular complexity index is 910. The van der Waals surface area contributed by atoms with E-state index in [-0.39, 0.29) is 24.7 Å². The van der Waals surface area contributed by atoms with Crippen molar-refractivity contribution in [2.75, 3.05) is 23.4 Å². The van der Waals surface area contributed by atoms with E-state index in [4.69, 9.17) is 4.74 Å². The molecule has 28 heavy (non-hydrogen) atoms. The first-order chi connectivity index (χ1) is 13.4. The van der Waals surface area contributed by atoms with Gasteiger partial charge in [-0.05, 0) is 31.2 Å². The number of esters is 1. The second kappa shape index (κ2) is 8.47. The summed E-state index contributed by atoms with van der Waals surface area (Å²) in [7, 11) is 0. The van der Waals surface area contributed by atoms with Crippen LogP contribution in [0.4, 0.5) is 11.4 Å². The molecule has 1 saturated heterocycles. The topological polar surface area (TPSA) is 92.8 Å². The molecule has 3 rings (SSSR count). The molecule has 0 aromatic heterocycles. The number of hydrogen-bond donors (Lipinski definition) is 1. The van der Waals surface area contributed by atoms with Crippen LogP contribution in [0.2, 0.25) is 0 Å². The summed E-state index contributed by atoms with van der Waals surface area (Å²) in [5.41, 5.74) is 1.64. The molecule has 0 spiro atoms. The van der Waals surface area contributed by atoms with Crippen LogP contribution in [0.5, 0.6) is 0 Å². The smallest absolute Gasteiger partial charge is 0.311 e. The van der Waals surface area contributed by atoms with Crippen LogP contribution in [0, 0.1) is 5.92 Å². The molecule has 1 aliphatic rings. The summed E-state index contributed by atoms with van der Waals surface area (Å²) in [5.74, 6) is -1.98. The Kier molecular flexibility index (Phi) is 5.84. The molecule has 1 aliphatic heterocycles. The summed E-state index contributed by atoms with van der Waals surface area (Å²) < 4.78 is 5.07. The van der Waals surface area contributed by atoms with E-state index >= 15 is 0 Å². The molecular formula is C21H20N2O5. The van der Waals surface area contributed by atoms with Crippen LogP contribution in [0.3, 0.4) is 0 Å². The number of carbonyl (C=O) groups is 4. The van der Waals surface area contributed by atoms with E-state index in [2.05, 4.69) is 5.32 Å². The fourth-order valence-corrected chi connectivity index (χ4v) is 2.99. The molecule has 1 N–H and O–H groups in total. The van der Waals surface area contributed by atoms with Gasteiger partial charge >= 0.3 is 5.97 Å². The molecular weight excluding hydrogens is 360 g/mol. The summed E-state index contributed by atoms with van der Waals surface area (Å²) >= 11 is 0. The molecule has 2 aromatic rings. The van der Waals surface area contributed by atoms with Crippen LogP contribution in [0.15, 0.2) is 54.6 Å². The number of ether oxygens (including phenoxy) is 1. The zero-order valence-electron chi connectivity index (χ0n) is 15.4. The normalized spacial score (nSPS) is 16.0. The van der Waals surface area contributed by atoms with Crippen LogP contribution in [0.25, 0.3) is 0 Å². The van der Waals surface area contributed by atoms with E-state index < -0.39 is 24.4 Å². The molecule has 7 nitrogen and oxygen atoms in total. The summed E-state index contributed by atoms with van der Waals surface area (Å²) in [6, 6.07) is 15.6. The highest BCUT2D eigenvalue weighted by Gasteiger charge is 2.36. The number of anilines is 2. The number of hydrogen-bond acceptors (Lipinski definition) is 5. The van der Waals surface area contributed by atoms with Gasteiger partial charge in [0.1, 0.15) is 0 Å². The minimum Gasteiger partial charge on any atom is -0.455 e. The highest BCUT2D eigenvalue weighted by atomic mass is 16.5. The SMILES string of the molecule is CC(=O)c1cccc(NC(=O)COC(=O)[C@H]2CC(=O)N(c3ccccc3)C2)c1. The van der Waals surface area contributed by atoms with Crippen molar-refractivity contribution in [3.63, 3.8) is 0 Å². The van der Waals surface area contributed by atoms with Gasteiger partial charge in [0.05, 0.1) is 5.92 Å². The Morgan fingerprint density at radius 3 is 2.57 bits per heavy atom. The van der Waals surface area contributed by atoms with Gasteiger partial charge in [0.2, 0.25) is 5.91 Å². The molecule has 2 aromatic carbocycles. The number of benzene rings is 2. The first kappa shape index (κ1) is 19.3. The Morgan fingerprint density at radius 1 is 1.11 bits per heavy atom. The van der Waals surface area contributed by atoms with E-state index in [0.29, 0.717) is 11.3 Å². The van der Waals surface area contributed by atoms with Crippen molar-refractivity contribution in [1.29, 1.82) is 0 Å². The number of ketones is 1. The van der Waals surface area contributed by atoms with Gasteiger partial charge in [0.25, 0.3) is 5.91 Å². The van der Waals surface area contributed by atoms with Gasteiger partial charge < -0.3 is 15.0 Å². The zero-order valence-corrected chi connectivity index (χ0v) is 15.4. The second-order valence-electron chi connectivity index (χ2n) is 6.53. The van der Waals surface area contributed by atoms with Crippen molar-refractivity contribution in [2.24, 2.45) is 5.92 Å². The number of nitrogens with one attached hydrogen (secondary N) is 1. The minimum absolute atomic E-state index is 0.0516. The maximum Gasteiger partial charge on any atom is 0.311 e. The fourth-order valence-electron chi connectivity index (χ4n) is 2.99. The average Bonchev–Trinajstić information content (AvgIpc) is 3.09. The Morgan fingerprint density at radius 2 is 1.86 bits per heavy atom. The number of para-hydroxylation sites is 1. The van der Waals surface area contributed by atoms with Crippen molar-refractivity contribution in [3.8, 4) is 0 Å². The summed E-state index contributed by atoms with van der Waals surface area (Å²) in [6.45, 7) is 1.20. The lowest BCUT2D eigenvalue weighted by Crippen LogP contribution is -2.28. The Labute approximate surface area is 162 Å². The van der Waals surface area contributed by atoms with Crippen LogP contribution < -0.4 is 10.2 Å². The molecule has 1 fully saturated rings. The van der Waals surface area contributed by atoms with Gasteiger partial charge in [-0.25, -0.2) is 0 Å². The lowest BCUT2D eigenvalue weighted by atomic mass is 10.1. The molecule has 0 aliphatic carbocycles. The largest absolute Gasteiger partial charge is 0.455 e. The predicted octanol–water partition coefficient (Wildman–Crippen LogP) is 2.42. The third kappa shape index (κ3) is 4.62. The fraction of sp³-hybridized carbons (Fsp3) is 0.238. The number of carbonyl (C=O) groups excluding carboxylic acids is 4. The van der Waals surface area contributed by atoms with Crippen LogP contribution in [0.1, 0.15) is 23.7 Å². The van der Waals surface area contributed by atoms with E-state index in [0.717, 1.165) is 5.69 Å². The van der Waals surface area contributed by atoms with Crippen LogP contribution in [-0.4, -0.2) is 36.7 Å². The van der Waals surface area contributed by atoms with Gasteiger partial charge in [-0.15, -0.1) is 0 Å².